The molecular formula is C7H12N2O. The Morgan fingerprint density at radius 3 is 2.30 bits per heavy atom. The van der Waals surface area contributed by atoms with Crippen LogP contribution in [-0.4, -0.2) is 22.7 Å². The summed E-state index contributed by atoms with van der Waals surface area (Å²) in [6.45, 7) is 7.93. The summed E-state index contributed by atoms with van der Waals surface area (Å²) in [6.07, 6.45) is 0. The van der Waals surface area contributed by atoms with Gasteiger partial charge < -0.3 is 0 Å². The molecule has 0 amide bonds. The van der Waals surface area contributed by atoms with Crippen molar-refractivity contribution in [3.63, 3.8) is 0 Å². The zero-order valence-electron chi connectivity index (χ0n) is 6.31. The molecule has 0 radical (unpaired) electrons. The molecule has 0 aromatic carbocycles. The average Bonchev–Trinajstić information content (AvgIpc) is 1.97. The number of nitrogens with zero attached hydrogens (tertiary/aromatic N) is 1. The first-order valence-electron chi connectivity index (χ1n) is 3.20. The Morgan fingerprint density at radius 2 is 2.20 bits per heavy atom. The largest absolute Gasteiger partial charge is 0.287 e. The molecule has 1 fully saturated rings. The molecule has 56 valence electrons. The van der Waals surface area contributed by atoms with Crippen LogP contribution in [0.5, 0.6) is 0 Å². The van der Waals surface area contributed by atoms with Crippen molar-refractivity contribution < 1.29 is 5.21 Å². The van der Waals surface area contributed by atoms with E-state index in [0.29, 0.717) is 6.54 Å². The average molecular weight is 140 g/mol. The van der Waals surface area contributed by atoms with Gasteiger partial charge in [-0.25, -0.2) is 5.06 Å². The maximum atomic E-state index is 9.05. The first kappa shape index (κ1) is 7.28. The van der Waals surface area contributed by atoms with Crippen molar-refractivity contribution in [2.75, 3.05) is 6.54 Å². The van der Waals surface area contributed by atoms with E-state index in [9.17, 15) is 0 Å². The summed E-state index contributed by atoms with van der Waals surface area (Å²) in [5.74, 6) is 0.234. The number of hydroxylamine groups is 2. The number of nitrogens with one attached hydrogen (secondary N) is 1. The lowest BCUT2D eigenvalue weighted by Gasteiger charge is -2.17. The first-order valence-corrected chi connectivity index (χ1v) is 3.20. The smallest absolute Gasteiger partial charge is 0.131 e. The summed E-state index contributed by atoms with van der Waals surface area (Å²) in [5, 5.41) is 17.4. The molecule has 3 nitrogen and oxygen atoms in total. The Balaban J connectivity index is 2.96. The highest BCUT2D eigenvalue weighted by molar-refractivity contribution is 5.89. The van der Waals surface area contributed by atoms with E-state index in [4.69, 9.17) is 10.6 Å². The zero-order chi connectivity index (χ0) is 7.94. The number of amidine groups is 1. The molecule has 0 spiro atoms. The van der Waals surface area contributed by atoms with Gasteiger partial charge in [0.25, 0.3) is 0 Å². The molecule has 3 heteroatoms. The van der Waals surface area contributed by atoms with Crippen molar-refractivity contribution in [3.05, 3.63) is 12.2 Å². The van der Waals surface area contributed by atoms with Crippen molar-refractivity contribution in [1.29, 1.82) is 5.41 Å². The molecular weight excluding hydrogens is 128 g/mol. The Hall–Kier alpha value is -0.830. The lowest BCUT2D eigenvalue weighted by atomic mass is 9.87. The van der Waals surface area contributed by atoms with Crippen LogP contribution in [0.3, 0.4) is 0 Å². The summed E-state index contributed by atoms with van der Waals surface area (Å²) in [6, 6.07) is 0. The zero-order valence-corrected chi connectivity index (χ0v) is 6.31. The van der Waals surface area contributed by atoms with Gasteiger partial charge in [0.2, 0.25) is 0 Å². The second-order valence-corrected chi connectivity index (χ2v) is 3.13. The highest BCUT2D eigenvalue weighted by atomic mass is 16.5. The highest BCUT2D eigenvalue weighted by Crippen LogP contribution is 2.33. The standard InChI is InChI=1S/C7H12N2O/c1-5-4-9(10)6(8)7(5,2)3/h8,10H,1,4H2,2-3H3. The number of hydrogen-bond donors (Lipinski definition) is 2. The molecule has 0 aromatic rings. The molecule has 1 aliphatic rings. The molecule has 0 saturated carbocycles. The Kier molecular flexibility index (Phi) is 1.33. The van der Waals surface area contributed by atoms with Crippen LogP contribution in [0.4, 0.5) is 0 Å². The van der Waals surface area contributed by atoms with Gasteiger partial charge in [-0.05, 0) is 19.4 Å². The van der Waals surface area contributed by atoms with Crippen molar-refractivity contribution in [1.82, 2.24) is 5.06 Å². The van der Waals surface area contributed by atoms with Crippen molar-refractivity contribution in [3.8, 4) is 0 Å². The Bertz CT molecular complexity index is 196. The maximum absolute atomic E-state index is 9.05. The van der Waals surface area contributed by atoms with E-state index < -0.39 is 0 Å². The minimum Gasteiger partial charge on any atom is -0.287 e. The predicted octanol–water partition coefficient (Wildman–Crippen LogP) is 1.25. The highest BCUT2D eigenvalue weighted by Gasteiger charge is 2.37. The summed E-state index contributed by atoms with van der Waals surface area (Å²) in [7, 11) is 0. The van der Waals surface area contributed by atoms with E-state index in [1.54, 1.807) is 0 Å². The number of rotatable bonds is 0. The SMILES string of the molecule is C=C1CN(O)C(=N)C1(C)C. The third-order valence-corrected chi connectivity index (χ3v) is 2.07. The third kappa shape index (κ3) is 0.743. The van der Waals surface area contributed by atoms with Crippen molar-refractivity contribution in [2.45, 2.75) is 13.8 Å². The van der Waals surface area contributed by atoms with Crippen LogP contribution in [0.25, 0.3) is 0 Å². The minimum atomic E-state index is -0.352. The normalized spacial score (nSPS) is 24.1. The van der Waals surface area contributed by atoms with E-state index >= 15 is 0 Å². The Labute approximate surface area is 60.4 Å². The van der Waals surface area contributed by atoms with Crippen LogP contribution >= 0.6 is 0 Å². The van der Waals surface area contributed by atoms with Crippen LogP contribution in [-0.2, 0) is 0 Å². The molecule has 1 rings (SSSR count). The molecule has 2 N–H and O–H groups in total. The fourth-order valence-electron chi connectivity index (χ4n) is 0.948. The van der Waals surface area contributed by atoms with E-state index in [1.165, 1.54) is 0 Å². The minimum absolute atomic E-state index is 0.234. The van der Waals surface area contributed by atoms with Gasteiger partial charge in [-0.1, -0.05) is 6.58 Å². The van der Waals surface area contributed by atoms with Gasteiger partial charge in [0, 0.05) is 5.41 Å². The third-order valence-electron chi connectivity index (χ3n) is 2.07. The molecule has 1 aliphatic heterocycles. The second-order valence-electron chi connectivity index (χ2n) is 3.13. The lowest BCUT2D eigenvalue weighted by molar-refractivity contribution is 0.0000750. The van der Waals surface area contributed by atoms with Gasteiger partial charge >= 0.3 is 0 Å². The molecule has 0 aromatic heterocycles. The van der Waals surface area contributed by atoms with Gasteiger partial charge in [0.15, 0.2) is 0 Å². The molecule has 1 heterocycles. The first-order chi connectivity index (χ1) is 4.46. The molecule has 10 heavy (non-hydrogen) atoms. The van der Waals surface area contributed by atoms with E-state index in [0.717, 1.165) is 10.6 Å². The molecule has 0 bridgehead atoms. The predicted molar refractivity (Wildman–Crippen MR) is 39.1 cm³/mol. The van der Waals surface area contributed by atoms with Crippen molar-refractivity contribution in [2.24, 2.45) is 5.41 Å². The fraction of sp³-hybridized carbons (Fsp3) is 0.571. The maximum Gasteiger partial charge on any atom is 0.131 e. The summed E-state index contributed by atoms with van der Waals surface area (Å²) in [4.78, 5) is 0. The van der Waals surface area contributed by atoms with Crippen molar-refractivity contribution >= 4 is 5.84 Å². The molecule has 0 unspecified atom stereocenters. The van der Waals surface area contributed by atoms with E-state index in [1.807, 2.05) is 13.8 Å². The van der Waals surface area contributed by atoms with Crippen LogP contribution < -0.4 is 0 Å². The van der Waals surface area contributed by atoms with E-state index in [-0.39, 0.29) is 11.3 Å². The fourth-order valence-corrected chi connectivity index (χ4v) is 0.948. The quantitative estimate of drug-likeness (QED) is 0.497. The van der Waals surface area contributed by atoms with Crippen LogP contribution in [0, 0.1) is 10.8 Å². The van der Waals surface area contributed by atoms with Crippen LogP contribution in [0.1, 0.15) is 13.8 Å². The summed E-state index contributed by atoms with van der Waals surface area (Å²) in [5.41, 5.74) is 0.536. The monoisotopic (exact) mass is 140 g/mol. The van der Waals surface area contributed by atoms with Gasteiger partial charge in [0.1, 0.15) is 5.84 Å². The van der Waals surface area contributed by atoms with E-state index in [2.05, 4.69) is 6.58 Å². The molecule has 0 aliphatic carbocycles. The van der Waals surface area contributed by atoms with Gasteiger partial charge in [-0.15, -0.1) is 0 Å². The van der Waals surface area contributed by atoms with Gasteiger partial charge in [-0.2, -0.15) is 0 Å². The molecule has 1 saturated heterocycles. The van der Waals surface area contributed by atoms with Gasteiger partial charge in [0.05, 0.1) is 6.54 Å². The van der Waals surface area contributed by atoms with Crippen LogP contribution in [0.15, 0.2) is 12.2 Å². The summed E-state index contributed by atoms with van der Waals surface area (Å²) < 4.78 is 0. The molecule has 0 atom stereocenters. The topological polar surface area (TPSA) is 47.3 Å². The Morgan fingerprint density at radius 1 is 1.70 bits per heavy atom. The number of hydrogen-bond acceptors (Lipinski definition) is 2. The summed E-state index contributed by atoms with van der Waals surface area (Å²) >= 11 is 0. The second kappa shape index (κ2) is 1.83. The van der Waals surface area contributed by atoms with Gasteiger partial charge in [-0.3, -0.25) is 10.6 Å². The van der Waals surface area contributed by atoms with Crippen LogP contribution in [0.2, 0.25) is 0 Å². The lowest BCUT2D eigenvalue weighted by Crippen LogP contribution is -2.27.